The molecular weight excluding hydrogens is 350 g/mol. The summed E-state index contributed by atoms with van der Waals surface area (Å²) < 4.78 is 6.02. The smallest absolute Gasteiger partial charge is 0.328 e. The average Bonchev–Trinajstić information content (AvgIpc) is 2.67. The first-order valence-corrected chi connectivity index (χ1v) is 8.74. The molecule has 0 spiro atoms. The number of rotatable bonds is 5. The number of carbonyl (C=O) groups excluding carboxylic acids is 2. The molecule has 8 heteroatoms. The van der Waals surface area contributed by atoms with Gasteiger partial charge in [-0.1, -0.05) is 24.3 Å². The number of nitrogens with one attached hydrogen (secondary N) is 1. The molecule has 27 heavy (non-hydrogen) atoms. The number of esters is 1. The van der Waals surface area contributed by atoms with Crippen molar-refractivity contribution in [1.29, 1.82) is 0 Å². The van der Waals surface area contributed by atoms with Gasteiger partial charge in [0.25, 0.3) is 11.5 Å². The number of aromatic amines is 1. The summed E-state index contributed by atoms with van der Waals surface area (Å²) in [6, 6.07) is 9.14. The molecule has 1 amide bonds. The second-order valence-electron chi connectivity index (χ2n) is 6.51. The van der Waals surface area contributed by atoms with Crippen LogP contribution in [-0.4, -0.2) is 40.0 Å². The van der Waals surface area contributed by atoms with Gasteiger partial charge in [0.1, 0.15) is 6.54 Å². The van der Waals surface area contributed by atoms with Crippen molar-refractivity contribution in [1.82, 2.24) is 14.5 Å². The van der Waals surface area contributed by atoms with Gasteiger partial charge >= 0.3 is 11.7 Å². The van der Waals surface area contributed by atoms with E-state index in [4.69, 9.17) is 4.74 Å². The molecule has 1 aromatic heterocycles. The van der Waals surface area contributed by atoms with Crippen molar-refractivity contribution in [2.75, 3.05) is 13.7 Å². The summed E-state index contributed by atoms with van der Waals surface area (Å²) in [5, 5.41) is 0. The normalized spacial score (nSPS) is 15.7. The van der Waals surface area contributed by atoms with E-state index < -0.39 is 23.8 Å². The quantitative estimate of drug-likeness (QED) is 0.776. The van der Waals surface area contributed by atoms with Gasteiger partial charge in [0.2, 0.25) is 0 Å². The SMILES string of the molecule is CN(C(=O)COC(=O)Cn1ccc(=O)[nH]c1=O)[C@H]1CCCc2ccccc21. The molecule has 1 aliphatic rings. The molecule has 2 aromatic rings. The van der Waals surface area contributed by atoms with Crippen LogP contribution in [0.5, 0.6) is 0 Å². The number of amides is 1. The van der Waals surface area contributed by atoms with Crippen molar-refractivity contribution < 1.29 is 14.3 Å². The number of aromatic nitrogens is 2. The molecule has 142 valence electrons. The van der Waals surface area contributed by atoms with Crippen molar-refractivity contribution >= 4 is 11.9 Å². The maximum Gasteiger partial charge on any atom is 0.328 e. The number of nitrogens with zero attached hydrogens (tertiary/aromatic N) is 2. The molecule has 1 heterocycles. The van der Waals surface area contributed by atoms with Gasteiger partial charge in [0, 0.05) is 19.3 Å². The average molecular weight is 371 g/mol. The van der Waals surface area contributed by atoms with Crippen LogP contribution in [0.2, 0.25) is 0 Å². The minimum Gasteiger partial charge on any atom is -0.454 e. The van der Waals surface area contributed by atoms with Gasteiger partial charge < -0.3 is 9.64 Å². The van der Waals surface area contributed by atoms with Crippen LogP contribution in [0.3, 0.4) is 0 Å². The number of aryl methyl sites for hydroxylation is 1. The standard InChI is InChI=1S/C19H21N3O5/c1-21(15-8-4-6-13-5-2-3-7-14(13)15)17(24)12-27-18(25)11-22-10-9-16(23)20-19(22)26/h2-3,5,7,9-10,15H,4,6,8,11-12H2,1H3,(H,20,23,26)/t15-/m0/s1. The number of benzene rings is 1. The van der Waals surface area contributed by atoms with E-state index in [1.165, 1.54) is 11.8 Å². The summed E-state index contributed by atoms with van der Waals surface area (Å²) in [7, 11) is 1.70. The summed E-state index contributed by atoms with van der Waals surface area (Å²) in [4.78, 5) is 50.6. The second-order valence-corrected chi connectivity index (χ2v) is 6.51. The number of ether oxygens (including phenoxy) is 1. The van der Waals surface area contributed by atoms with Crippen molar-refractivity contribution in [3.8, 4) is 0 Å². The fourth-order valence-corrected chi connectivity index (χ4v) is 3.30. The van der Waals surface area contributed by atoms with Crippen molar-refractivity contribution in [2.24, 2.45) is 0 Å². The Morgan fingerprint density at radius 1 is 1.26 bits per heavy atom. The molecule has 0 saturated carbocycles. The van der Waals surface area contributed by atoms with E-state index in [1.54, 1.807) is 11.9 Å². The number of likely N-dealkylation sites (N-methyl/N-ethyl adjacent to an activating group) is 1. The molecule has 1 aromatic carbocycles. The van der Waals surface area contributed by atoms with Crippen LogP contribution in [0.25, 0.3) is 0 Å². The Labute approximate surface area is 155 Å². The highest BCUT2D eigenvalue weighted by atomic mass is 16.5. The summed E-state index contributed by atoms with van der Waals surface area (Å²) in [6.45, 7) is -0.773. The van der Waals surface area contributed by atoms with Crippen LogP contribution < -0.4 is 11.2 Å². The predicted octanol–water partition coefficient (Wildman–Crippen LogP) is 0.616. The van der Waals surface area contributed by atoms with Gasteiger partial charge in [0.05, 0.1) is 6.04 Å². The van der Waals surface area contributed by atoms with E-state index in [0.29, 0.717) is 0 Å². The Morgan fingerprint density at radius 2 is 2.04 bits per heavy atom. The van der Waals surface area contributed by atoms with Crippen LogP contribution >= 0.6 is 0 Å². The van der Waals surface area contributed by atoms with Crippen molar-refractivity contribution in [2.45, 2.75) is 31.8 Å². The molecule has 0 aliphatic heterocycles. The molecule has 0 bridgehead atoms. The number of H-pyrrole nitrogens is 1. The van der Waals surface area contributed by atoms with Crippen LogP contribution in [0.4, 0.5) is 0 Å². The van der Waals surface area contributed by atoms with Gasteiger partial charge in [-0.3, -0.25) is 23.9 Å². The van der Waals surface area contributed by atoms with E-state index in [-0.39, 0.29) is 18.5 Å². The summed E-state index contributed by atoms with van der Waals surface area (Å²) in [6.07, 6.45) is 4.06. The maximum absolute atomic E-state index is 12.5. The Balaban J connectivity index is 1.58. The fourth-order valence-electron chi connectivity index (χ4n) is 3.30. The molecule has 1 N–H and O–H groups in total. The Morgan fingerprint density at radius 3 is 2.81 bits per heavy atom. The number of fused-ring (bicyclic) bond motifs is 1. The van der Waals surface area contributed by atoms with Gasteiger partial charge in [0.15, 0.2) is 6.61 Å². The molecule has 1 atom stereocenters. The lowest BCUT2D eigenvalue weighted by Gasteiger charge is -2.33. The largest absolute Gasteiger partial charge is 0.454 e. The zero-order valence-electron chi connectivity index (χ0n) is 15.0. The highest BCUT2D eigenvalue weighted by Crippen LogP contribution is 2.33. The molecule has 0 radical (unpaired) electrons. The van der Waals surface area contributed by atoms with Crippen molar-refractivity contribution in [3.63, 3.8) is 0 Å². The zero-order chi connectivity index (χ0) is 19.4. The van der Waals surface area contributed by atoms with E-state index in [1.807, 2.05) is 23.2 Å². The number of hydrogen-bond donors (Lipinski definition) is 1. The van der Waals surface area contributed by atoms with Crippen LogP contribution in [-0.2, 0) is 27.3 Å². The van der Waals surface area contributed by atoms with Crippen LogP contribution in [0.15, 0.2) is 46.1 Å². The molecule has 1 aliphatic carbocycles. The summed E-state index contributed by atoms with van der Waals surface area (Å²) in [5.74, 6) is -1.03. The lowest BCUT2D eigenvalue weighted by atomic mass is 9.87. The molecule has 8 nitrogen and oxygen atoms in total. The molecular formula is C19H21N3O5. The lowest BCUT2D eigenvalue weighted by Crippen LogP contribution is -2.37. The number of carbonyl (C=O) groups is 2. The van der Waals surface area contributed by atoms with Gasteiger partial charge in [-0.15, -0.1) is 0 Å². The minimum absolute atomic E-state index is 0.0389. The van der Waals surface area contributed by atoms with Crippen LogP contribution in [0, 0.1) is 0 Å². The van der Waals surface area contributed by atoms with Crippen molar-refractivity contribution in [3.05, 3.63) is 68.5 Å². The topological polar surface area (TPSA) is 101 Å². The van der Waals surface area contributed by atoms with Gasteiger partial charge in [-0.05, 0) is 30.4 Å². The fraction of sp³-hybridized carbons (Fsp3) is 0.368. The molecule has 3 rings (SSSR count). The monoisotopic (exact) mass is 371 g/mol. The first kappa shape index (κ1) is 18.6. The number of hydrogen-bond acceptors (Lipinski definition) is 5. The van der Waals surface area contributed by atoms with E-state index in [2.05, 4.69) is 6.07 Å². The lowest BCUT2D eigenvalue weighted by molar-refractivity contribution is -0.153. The maximum atomic E-state index is 12.5. The minimum atomic E-state index is -0.727. The third-order valence-corrected chi connectivity index (χ3v) is 4.75. The van der Waals surface area contributed by atoms with E-state index in [0.717, 1.165) is 35.5 Å². The molecule has 0 fully saturated rings. The predicted molar refractivity (Wildman–Crippen MR) is 97.2 cm³/mol. The van der Waals surface area contributed by atoms with E-state index in [9.17, 15) is 19.2 Å². The van der Waals surface area contributed by atoms with E-state index >= 15 is 0 Å². The van der Waals surface area contributed by atoms with Gasteiger partial charge in [-0.2, -0.15) is 0 Å². The Bertz CT molecular complexity index is 962. The third kappa shape index (κ3) is 4.33. The molecule has 0 saturated heterocycles. The second kappa shape index (κ2) is 8.03. The first-order valence-electron chi connectivity index (χ1n) is 8.74. The van der Waals surface area contributed by atoms with Crippen LogP contribution in [0.1, 0.15) is 30.0 Å². The highest BCUT2D eigenvalue weighted by Gasteiger charge is 2.26. The van der Waals surface area contributed by atoms with Gasteiger partial charge in [-0.25, -0.2) is 4.79 Å². The summed E-state index contributed by atoms with van der Waals surface area (Å²) >= 11 is 0. The highest BCUT2D eigenvalue weighted by molar-refractivity contribution is 5.80. The first-order chi connectivity index (χ1) is 13.0. The Hall–Kier alpha value is -3.16. The Kier molecular flexibility index (Phi) is 5.54. The zero-order valence-corrected chi connectivity index (χ0v) is 15.0. The summed E-state index contributed by atoms with van der Waals surface area (Å²) in [5.41, 5.74) is 1.12. The third-order valence-electron chi connectivity index (χ3n) is 4.75. The molecule has 0 unspecified atom stereocenters.